The van der Waals surface area contributed by atoms with Gasteiger partial charge in [0.2, 0.25) is 5.69 Å². The van der Waals surface area contributed by atoms with E-state index in [0.717, 1.165) is 0 Å². The molecule has 0 bridgehead atoms. The molecule has 3 heterocycles. The quantitative estimate of drug-likeness (QED) is 0.631. The van der Waals surface area contributed by atoms with Crippen LogP contribution in [-0.4, -0.2) is 4.98 Å². The number of rotatable bonds is 2. The molecular weight excluding hydrogens is 308 g/mol. The Bertz CT molecular complexity index is 750. The summed E-state index contributed by atoms with van der Waals surface area (Å²) in [6.45, 7) is 6.88. The van der Waals surface area contributed by atoms with Gasteiger partial charge in [0.05, 0.1) is 6.57 Å². The molecule has 0 N–H and O–H groups in total. The number of hydrogen-bond donors (Lipinski definition) is 0. The molecule has 3 aromatic rings. The first-order valence-electron chi connectivity index (χ1n) is 5.46. The first-order chi connectivity index (χ1) is 9.26. The standard InChI is InChI=1S/C14H7BrN2O2/c1-16-9-2-3-10(17-8-9)11-4-5-12(18-11)13-6-7-14(15)19-13/h2-8H. The van der Waals surface area contributed by atoms with E-state index in [1.54, 1.807) is 18.2 Å². The van der Waals surface area contributed by atoms with Crippen molar-refractivity contribution in [1.29, 1.82) is 0 Å². The van der Waals surface area contributed by atoms with Gasteiger partial charge in [-0.25, -0.2) is 4.85 Å². The Labute approximate surface area is 117 Å². The molecule has 0 amide bonds. The molecular formula is C14H7BrN2O2. The third kappa shape index (κ3) is 2.30. The van der Waals surface area contributed by atoms with E-state index in [0.29, 0.717) is 33.3 Å². The fourth-order valence-electron chi connectivity index (χ4n) is 1.65. The lowest BCUT2D eigenvalue weighted by molar-refractivity contribution is 0.515. The van der Waals surface area contributed by atoms with Gasteiger partial charge >= 0.3 is 0 Å². The Morgan fingerprint density at radius 1 is 0.947 bits per heavy atom. The van der Waals surface area contributed by atoms with Crippen LogP contribution in [0.2, 0.25) is 0 Å². The number of halogens is 1. The van der Waals surface area contributed by atoms with Gasteiger partial charge < -0.3 is 8.83 Å². The van der Waals surface area contributed by atoms with Crippen LogP contribution in [0.5, 0.6) is 0 Å². The minimum atomic E-state index is 0.505. The number of nitrogens with zero attached hydrogens (tertiary/aromatic N) is 2. The summed E-state index contributed by atoms with van der Waals surface area (Å²) in [5, 5.41) is 0. The molecule has 0 radical (unpaired) electrons. The molecule has 0 saturated heterocycles. The molecule has 3 rings (SSSR count). The van der Waals surface area contributed by atoms with Crippen molar-refractivity contribution in [2.45, 2.75) is 0 Å². The van der Waals surface area contributed by atoms with Crippen molar-refractivity contribution in [2.24, 2.45) is 0 Å². The predicted molar refractivity (Wildman–Crippen MR) is 73.6 cm³/mol. The molecule has 0 unspecified atom stereocenters. The zero-order chi connectivity index (χ0) is 13.2. The number of aromatic nitrogens is 1. The highest BCUT2D eigenvalue weighted by Gasteiger charge is 2.10. The van der Waals surface area contributed by atoms with Gasteiger partial charge in [0, 0.05) is 6.20 Å². The topological polar surface area (TPSA) is 43.5 Å². The third-order valence-electron chi connectivity index (χ3n) is 2.55. The van der Waals surface area contributed by atoms with E-state index >= 15 is 0 Å². The predicted octanol–water partition coefficient (Wildman–Crippen LogP) is 4.91. The second-order valence-electron chi connectivity index (χ2n) is 3.78. The number of furan rings is 2. The van der Waals surface area contributed by atoms with Crippen LogP contribution in [0.3, 0.4) is 0 Å². The second-order valence-corrected chi connectivity index (χ2v) is 4.56. The monoisotopic (exact) mass is 314 g/mol. The molecule has 0 aromatic carbocycles. The van der Waals surface area contributed by atoms with Crippen LogP contribution in [0.4, 0.5) is 5.69 Å². The highest BCUT2D eigenvalue weighted by atomic mass is 79.9. The van der Waals surface area contributed by atoms with Crippen LogP contribution < -0.4 is 0 Å². The van der Waals surface area contributed by atoms with E-state index in [-0.39, 0.29) is 0 Å². The molecule has 4 nitrogen and oxygen atoms in total. The van der Waals surface area contributed by atoms with Crippen LogP contribution in [0.25, 0.3) is 27.8 Å². The summed E-state index contributed by atoms with van der Waals surface area (Å²) in [6.07, 6.45) is 1.52. The first-order valence-corrected chi connectivity index (χ1v) is 6.25. The molecule has 0 spiro atoms. The lowest BCUT2D eigenvalue weighted by atomic mass is 10.3. The Morgan fingerprint density at radius 3 is 2.32 bits per heavy atom. The molecule has 5 heteroatoms. The van der Waals surface area contributed by atoms with Gasteiger partial charge in [-0.2, -0.15) is 0 Å². The summed E-state index contributed by atoms with van der Waals surface area (Å²) in [7, 11) is 0. The average molecular weight is 315 g/mol. The molecule has 0 aliphatic carbocycles. The highest BCUT2D eigenvalue weighted by molar-refractivity contribution is 9.10. The summed E-state index contributed by atoms with van der Waals surface area (Å²) in [4.78, 5) is 7.48. The lowest BCUT2D eigenvalue weighted by Gasteiger charge is -1.96. The van der Waals surface area contributed by atoms with Gasteiger partial charge in [-0.05, 0) is 46.3 Å². The smallest absolute Gasteiger partial charge is 0.205 e. The fourth-order valence-corrected chi connectivity index (χ4v) is 1.96. The van der Waals surface area contributed by atoms with Gasteiger partial charge in [0.25, 0.3) is 0 Å². The molecule has 0 fully saturated rings. The summed E-state index contributed by atoms with van der Waals surface area (Å²) in [5.41, 5.74) is 1.19. The maximum Gasteiger partial charge on any atom is 0.205 e. The van der Waals surface area contributed by atoms with Gasteiger partial charge in [0.1, 0.15) is 5.69 Å². The fraction of sp³-hybridized carbons (Fsp3) is 0. The molecule has 3 aromatic heterocycles. The van der Waals surface area contributed by atoms with Gasteiger partial charge in [-0.3, -0.25) is 4.98 Å². The van der Waals surface area contributed by atoms with Gasteiger partial charge in [-0.1, -0.05) is 6.07 Å². The van der Waals surface area contributed by atoms with E-state index in [2.05, 4.69) is 25.8 Å². The number of hydrogen-bond acceptors (Lipinski definition) is 3. The summed E-state index contributed by atoms with van der Waals surface area (Å²) in [5.74, 6) is 1.92. The molecule has 19 heavy (non-hydrogen) atoms. The van der Waals surface area contributed by atoms with Crippen molar-refractivity contribution in [2.75, 3.05) is 0 Å². The van der Waals surface area contributed by atoms with Crippen molar-refractivity contribution >= 4 is 21.6 Å². The third-order valence-corrected chi connectivity index (χ3v) is 2.98. The minimum absolute atomic E-state index is 0.505. The summed E-state index contributed by atoms with van der Waals surface area (Å²) < 4.78 is 11.8. The van der Waals surface area contributed by atoms with E-state index < -0.39 is 0 Å². The van der Waals surface area contributed by atoms with Crippen molar-refractivity contribution in [1.82, 2.24) is 4.98 Å². The Balaban J connectivity index is 1.94. The van der Waals surface area contributed by atoms with E-state index in [1.807, 2.05) is 18.2 Å². The van der Waals surface area contributed by atoms with E-state index in [9.17, 15) is 0 Å². The van der Waals surface area contributed by atoms with Crippen molar-refractivity contribution < 1.29 is 8.83 Å². The average Bonchev–Trinajstić information content (AvgIpc) is 3.07. The summed E-state index contributed by atoms with van der Waals surface area (Å²) >= 11 is 3.25. The van der Waals surface area contributed by atoms with Gasteiger partial charge in [0.15, 0.2) is 22.0 Å². The molecule has 0 aliphatic rings. The SMILES string of the molecule is [C-]#[N+]c1ccc(-c2ccc(-c3ccc(Br)o3)o2)nc1. The minimum Gasteiger partial charge on any atom is -0.451 e. The zero-order valence-electron chi connectivity index (χ0n) is 9.63. The summed E-state index contributed by atoms with van der Waals surface area (Å²) in [6, 6.07) is 10.7. The van der Waals surface area contributed by atoms with E-state index in [4.69, 9.17) is 15.4 Å². The Morgan fingerprint density at radius 2 is 1.68 bits per heavy atom. The van der Waals surface area contributed by atoms with Crippen molar-refractivity contribution in [3.63, 3.8) is 0 Å². The maximum atomic E-state index is 6.88. The van der Waals surface area contributed by atoms with Crippen LogP contribution in [-0.2, 0) is 0 Å². The molecule has 92 valence electrons. The Hall–Kier alpha value is -2.32. The molecule has 0 aliphatic heterocycles. The van der Waals surface area contributed by atoms with Crippen molar-refractivity contribution in [3.05, 3.63) is 58.7 Å². The molecule has 0 saturated carbocycles. The second kappa shape index (κ2) is 4.75. The Kier molecular flexibility index (Phi) is 2.94. The van der Waals surface area contributed by atoms with E-state index in [1.165, 1.54) is 6.20 Å². The maximum absolute atomic E-state index is 6.88. The van der Waals surface area contributed by atoms with Gasteiger partial charge in [-0.15, -0.1) is 0 Å². The molecule has 0 atom stereocenters. The normalized spacial score (nSPS) is 10.3. The van der Waals surface area contributed by atoms with Crippen LogP contribution in [0, 0.1) is 6.57 Å². The van der Waals surface area contributed by atoms with Crippen LogP contribution in [0.15, 0.2) is 56.1 Å². The van der Waals surface area contributed by atoms with Crippen LogP contribution >= 0.6 is 15.9 Å². The first kappa shape index (κ1) is 11.8. The largest absolute Gasteiger partial charge is 0.451 e. The van der Waals surface area contributed by atoms with Crippen LogP contribution in [0.1, 0.15) is 0 Å². The zero-order valence-corrected chi connectivity index (χ0v) is 11.2. The lowest BCUT2D eigenvalue weighted by Crippen LogP contribution is -1.78. The number of pyridine rings is 1. The highest BCUT2D eigenvalue weighted by Crippen LogP contribution is 2.30. The van der Waals surface area contributed by atoms with Crippen molar-refractivity contribution in [3.8, 4) is 23.0 Å².